The van der Waals surface area contributed by atoms with Crippen molar-refractivity contribution in [3.63, 3.8) is 0 Å². The average Bonchev–Trinajstić information content (AvgIpc) is 2.77. The lowest BCUT2D eigenvalue weighted by Crippen LogP contribution is -2.25. The second kappa shape index (κ2) is 11.2. The Morgan fingerprint density at radius 1 is 0.970 bits per heavy atom. The molecule has 0 radical (unpaired) electrons. The Morgan fingerprint density at radius 2 is 1.70 bits per heavy atom. The van der Waals surface area contributed by atoms with Gasteiger partial charge in [0.25, 0.3) is 11.8 Å². The van der Waals surface area contributed by atoms with Crippen LogP contribution in [-0.4, -0.2) is 24.1 Å². The van der Waals surface area contributed by atoms with Gasteiger partial charge in [-0.15, -0.1) is 0 Å². The van der Waals surface area contributed by atoms with Gasteiger partial charge < -0.3 is 10.1 Å². The van der Waals surface area contributed by atoms with Crippen molar-refractivity contribution in [2.75, 3.05) is 11.9 Å². The van der Waals surface area contributed by atoms with Crippen molar-refractivity contribution in [2.45, 2.75) is 13.8 Å². The molecule has 0 aromatic heterocycles. The number of hydrogen-bond acceptors (Lipinski definition) is 4. The zero-order valence-electron chi connectivity index (χ0n) is 17.8. The van der Waals surface area contributed by atoms with Crippen LogP contribution >= 0.6 is 34.8 Å². The number of carbonyl (C=O) groups is 2. The molecule has 6 nitrogen and oxygen atoms in total. The van der Waals surface area contributed by atoms with Crippen LogP contribution in [0.3, 0.4) is 0 Å². The van der Waals surface area contributed by atoms with Crippen molar-refractivity contribution < 1.29 is 14.3 Å². The number of nitrogens with zero attached hydrogens (tertiary/aromatic N) is 1. The number of rotatable bonds is 7. The highest BCUT2D eigenvalue weighted by molar-refractivity contribution is 6.37. The largest absolute Gasteiger partial charge is 0.483 e. The summed E-state index contributed by atoms with van der Waals surface area (Å²) in [6.45, 7) is 3.38. The van der Waals surface area contributed by atoms with E-state index in [1.807, 2.05) is 13.0 Å². The number of aryl methyl sites for hydroxylation is 1. The molecule has 170 valence electrons. The Kier molecular flexibility index (Phi) is 8.33. The summed E-state index contributed by atoms with van der Waals surface area (Å²) in [4.78, 5) is 24.6. The predicted molar refractivity (Wildman–Crippen MR) is 133 cm³/mol. The van der Waals surface area contributed by atoms with E-state index in [1.165, 1.54) is 6.07 Å². The van der Waals surface area contributed by atoms with Gasteiger partial charge in [-0.25, -0.2) is 5.43 Å². The van der Waals surface area contributed by atoms with Crippen molar-refractivity contribution >= 4 is 58.0 Å². The van der Waals surface area contributed by atoms with Crippen LogP contribution in [0.1, 0.15) is 28.4 Å². The number of benzene rings is 3. The Balaban J connectivity index is 1.60. The number of nitrogens with one attached hydrogen (secondary N) is 2. The van der Waals surface area contributed by atoms with Gasteiger partial charge in [0.05, 0.1) is 16.3 Å². The van der Waals surface area contributed by atoms with Crippen LogP contribution in [0.25, 0.3) is 0 Å². The quantitative estimate of drug-likeness (QED) is 0.300. The van der Waals surface area contributed by atoms with Crippen molar-refractivity contribution in [1.82, 2.24) is 5.43 Å². The Morgan fingerprint density at radius 3 is 2.42 bits per heavy atom. The molecule has 0 fully saturated rings. The van der Waals surface area contributed by atoms with E-state index >= 15 is 0 Å². The summed E-state index contributed by atoms with van der Waals surface area (Å²) < 4.78 is 5.51. The molecule has 0 heterocycles. The molecule has 0 aliphatic rings. The van der Waals surface area contributed by atoms with Gasteiger partial charge in [-0.3, -0.25) is 9.59 Å². The van der Waals surface area contributed by atoms with Crippen molar-refractivity contribution in [2.24, 2.45) is 5.10 Å². The molecule has 0 atom stereocenters. The minimum absolute atomic E-state index is 0.197. The van der Waals surface area contributed by atoms with E-state index < -0.39 is 5.91 Å². The monoisotopic (exact) mass is 503 g/mol. The van der Waals surface area contributed by atoms with Crippen LogP contribution in [0.15, 0.2) is 65.8 Å². The fraction of sp³-hybridized carbons (Fsp3) is 0.125. The number of hydrazone groups is 1. The molecular formula is C24H20Cl3N3O3. The Labute approximate surface area is 206 Å². The summed E-state index contributed by atoms with van der Waals surface area (Å²) in [5.74, 6) is -0.212. The first-order valence-electron chi connectivity index (χ1n) is 9.82. The van der Waals surface area contributed by atoms with Crippen LogP contribution in [-0.2, 0) is 4.79 Å². The third kappa shape index (κ3) is 6.96. The second-order valence-electron chi connectivity index (χ2n) is 7.09. The third-order valence-electron chi connectivity index (χ3n) is 4.56. The number of amides is 2. The maximum absolute atomic E-state index is 12.5. The average molecular weight is 505 g/mol. The third-order valence-corrected chi connectivity index (χ3v) is 5.34. The summed E-state index contributed by atoms with van der Waals surface area (Å²) in [7, 11) is 0. The molecule has 0 aliphatic carbocycles. The highest BCUT2D eigenvalue weighted by Gasteiger charge is 2.12. The topological polar surface area (TPSA) is 79.8 Å². The number of hydrogen-bond donors (Lipinski definition) is 2. The number of halogens is 3. The molecule has 2 N–H and O–H groups in total. The van der Waals surface area contributed by atoms with Crippen molar-refractivity contribution in [3.8, 4) is 5.75 Å². The molecular weight excluding hydrogens is 485 g/mol. The second-order valence-corrected chi connectivity index (χ2v) is 8.37. The highest BCUT2D eigenvalue weighted by atomic mass is 35.5. The van der Waals surface area contributed by atoms with E-state index in [1.54, 1.807) is 55.5 Å². The van der Waals surface area contributed by atoms with E-state index in [2.05, 4.69) is 15.8 Å². The van der Waals surface area contributed by atoms with Crippen LogP contribution < -0.4 is 15.5 Å². The van der Waals surface area contributed by atoms with Crippen LogP contribution in [0, 0.1) is 6.92 Å². The summed E-state index contributed by atoms with van der Waals surface area (Å²) >= 11 is 17.9. The van der Waals surface area contributed by atoms with E-state index in [0.717, 1.165) is 5.56 Å². The fourth-order valence-electron chi connectivity index (χ4n) is 2.86. The minimum Gasteiger partial charge on any atom is -0.483 e. The van der Waals surface area contributed by atoms with Gasteiger partial charge in [-0.1, -0.05) is 46.9 Å². The van der Waals surface area contributed by atoms with Gasteiger partial charge in [0.15, 0.2) is 6.61 Å². The summed E-state index contributed by atoms with van der Waals surface area (Å²) in [5, 5.41) is 8.20. The molecule has 0 spiro atoms. The lowest BCUT2D eigenvalue weighted by Gasteiger charge is -2.10. The molecule has 3 aromatic rings. The first-order valence-corrected chi connectivity index (χ1v) is 11.0. The van der Waals surface area contributed by atoms with Crippen molar-refractivity contribution in [3.05, 3.63) is 92.4 Å². The first kappa shape index (κ1) is 24.6. The molecule has 0 aliphatic heterocycles. The lowest BCUT2D eigenvalue weighted by molar-refractivity contribution is -0.123. The molecule has 3 aromatic carbocycles. The first-order chi connectivity index (χ1) is 15.7. The molecule has 33 heavy (non-hydrogen) atoms. The maximum Gasteiger partial charge on any atom is 0.277 e. The normalized spacial score (nSPS) is 11.1. The number of ether oxygens (including phenoxy) is 1. The van der Waals surface area contributed by atoms with E-state index in [0.29, 0.717) is 38.3 Å². The van der Waals surface area contributed by atoms with E-state index in [4.69, 9.17) is 39.5 Å². The molecule has 2 amide bonds. The molecule has 9 heteroatoms. The zero-order valence-corrected chi connectivity index (χ0v) is 20.1. The van der Waals surface area contributed by atoms with Gasteiger partial charge in [-0.2, -0.15) is 5.10 Å². The van der Waals surface area contributed by atoms with Gasteiger partial charge in [0.1, 0.15) is 5.75 Å². The Hall–Kier alpha value is -3.06. The predicted octanol–water partition coefficient (Wildman–Crippen LogP) is 6.13. The highest BCUT2D eigenvalue weighted by Crippen LogP contribution is 2.23. The molecule has 0 bridgehead atoms. The van der Waals surface area contributed by atoms with E-state index in [9.17, 15) is 9.59 Å². The minimum atomic E-state index is -0.412. The summed E-state index contributed by atoms with van der Waals surface area (Å²) in [5.41, 5.74) is 5.40. The standard InChI is InChI=1S/C24H20Cl3N3O3/c1-14-10-17(25)7-9-22(14)33-13-23(31)30-29-15(2)16-4-3-5-19(11-16)28-24(32)20-8-6-18(26)12-21(20)27/h3-12H,13H2,1-2H3,(H,28,32)(H,30,31)/b29-15-. The molecule has 0 saturated carbocycles. The fourth-order valence-corrected chi connectivity index (χ4v) is 3.58. The number of anilines is 1. The van der Waals surface area contributed by atoms with Crippen LogP contribution in [0.4, 0.5) is 5.69 Å². The molecule has 3 rings (SSSR count). The van der Waals surface area contributed by atoms with E-state index in [-0.39, 0.29) is 17.5 Å². The van der Waals surface area contributed by atoms with Gasteiger partial charge >= 0.3 is 0 Å². The molecule has 0 unspecified atom stereocenters. The lowest BCUT2D eigenvalue weighted by atomic mass is 10.1. The smallest absolute Gasteiger partial charge is 0.277 e. The SMILES string of the molecule is C/C(=N/NC(=O)COc1ccc(Cl)cc1C)c1cccc(NC(=O)c2ccc(Cl)cc2Cl)c1. The summed E-state index contributed by atoms with van der Waals surface area (Å²) in [6.07, 6.45) is 0. The molecule has 0 saturated heterocycles. The number of carbonyl (C=O) groups excluding carboxylic acids is 2. The zero-order chi connectivity index (χ0) is 24.0. The maximum atomic E-state index is 12.5. The van der Waals surface area contributed by atoms with Crippen LogP contribution in [0.2, 0.25) is 15.1 Å². The Bertz CT molecular complexity index is 1230. The van der Waals surface area contributed by atoms with Gasteiger partial charge in [0, 0.05) is 15.7 Å². The van der Waals surface area contributed by atoms with Gasteiger partial charge in [0.2, 0.25) is 0 Å². The van der Waals surface area contributed by atoms with Crippen LogP contribution in [0.5, 0.6) is 5.75 Å². The van der Waals surface area contributed by atoms with Crippen molar-refractivity contribution in [1.29, 1.82) is 0 Å². The van der Waals surface area contributed by atoms with Gasteiger partial charge in [-0.05, 0) is 73.5 Å². The summed E-state index contributed by atoms with van der Waals surface area (Å²) in [6, 6.07) is 16.9.